The summed E-state index contributed by atoms with van der Waals surface area (Å²) >= 11 is 0. The van der Waals surface area contributed by atoms with Crippen LogP contribution in [0.25, 0.3) is 11.3 Å². The molecule has 1 aromatic carbocycles. The standard InChI is InChI=1S/C18H18N6O2/c1-12-3-4-16(25)14(9-12)11-20-23-17-10-15(13-5-7-19-8-6-13)21-18(22-17)24-26-2/h3-10,25H,11H2,1-2H3,(H,21,22,24). The molecule has 3 aromatic rings. The zero-order chi connectivity index (χ0) is 18.4. The average molecular weight is 350 g/mol. The van der Waals surface area contributed by atoms with Gasteiger partial charge in [0.25, 0.3) is 0 Å². The Morgan fingerprint density at radius 3 is 2.69 bits per heavy atom. The highest BCUT2D eigenvalue weighted by atomic mass is 16.6. The van der Waals surface area contributed by atoms with Crippen molar-refractivity contribution >= 4 is 11.8 Å². The van der Waals surface area contributed by atoms with Gasteiger partial charge in [0.1, 0.15) is 5.75 Å². The summed E-state index contributed by atoms with van der Waals surface area (Å²) in [6, 6.07) is 10.7. The molecule has 0 spiro atoms. The van der Waals surface area contributed by atoms with Gasteiger partial charge in [-0.1, -0.05) is 17.7 Å². The van der Waals surface area contributed by atoms with Crippen molar-refractivity contribution in [2.45, 2.75) is 13.5 Å². The molecule has 26 heavy (non-hydrogen) atoms. The van der Waals surface area contributed by atoms with Crippen molar-refractivity contribution in [3.63, 3.8) is 0 Å². The second-order valence-electron chi connectivity index (χ2n) is 5.51. The minimum absolute atomic E-state index is 0.191. The molecule has 0 fully saturated rings. The summed E-state index contributed by atoms with van der Waals surface area (Å²) in [5.41, 5.74) is 5.88. The third kappa shape index (κ3) is 4.37. The maximum Gasteiger partial charge on any atom is 0.249 e. The highest BCUT2D eigenvalue weighted by Gasteiger charge is 2.07. The molecule has 132 valence electrons. The van der Waals surface area contributed by atoms with Gasteiger partial charge in [-0.2, -0.15) is 10.1 Å². The molecule has 3 rings (SSSR count). The van der Waals surface area contributed by atoms with E-state index in [2.05, 4.69) is 30.7 Å². The van der Waals surface area contributed by atoms with Crippen LogP contribution in [-0.2, 0) is 11.4 Å². The number of hydrogen-bond donors (Lipinski definition) is 2. The van der Waals surface area contributed by atoms with Gasteiger partial charge in [0, 0.05) is 29.6 Å². The second-order valence-corrected chi connectivity index (χ2v) is 5.51. The molecule has 2 N–H and O–H groups in total. The van der Waals surface area contributed by atoms with E-state index in [1.807, 2.05) is 31.2 Å². The largest absolute Gasteiger partial charge is 0.508 e. The molecule has 0 aliphatic carbocycles. The number of phenolic OH excluding ortho intramolecular Hbond substituents is 1. The maximum atomic E-state index is 9.88. The lowest BCUT2D eigenvalue weighted by Crippen LogP contribution is -2.02. The highest BCUT2D eigenvalue weighted by Crippen LogP contribution is 2.24. The first-order valence-electron chi connectivity index (χ1n) is 7.90. The van der Waals surface area contributed by atoms with Crippen molar-refractivity contribution in [1.82, 2.24) is 15.0 Å². The molecule has 0 bridgehead atoms. The molecule has 8 nitrogen and oxygen atoms in total. The number of aromatic hydroxyl groups is 1. The number of anilines is 1. The fourth-order valence-corrected chi connectivity index (χ4v) is 2.32. The molecule has 8 heteroatoms. The van der Waals surface area contributed by atoms with Crippen LogP contribution in [0, 0.1) is 6.92 Å². The van der Waals surface area contributed by atoms with Gasteiger partial charge < -0.3 is 5.11 Å². The lowest BCUT2D eigenvalue weighted by atomic mass is 10.1. The Labute approximate surface area is 150 Å². The van der Waals surface area contributed by atoms with Crippen molar-refractivity contribution in [2.75, 3.05) is 12.6 Å². The van der Waals surface area contributed by atoms with Gasteiger partial charge >= 0.3 is 0 Å². The van der Waals surface area contributed by atoms with E-state index in [4.69, 9.17) is 4.84 Å². The molecular formula is C18H18N6O2. The van der Waals surface area contributed by atoms with Crippen molar-refractivity contribution in [3.05, 3.63) is 59.9 Å². The van der Waals surface area contributed by atoms with Gasteiger partial charge in [0.15, 0.2) is 5.82 Å². The Bertz CT molecular complexity index is 915. The Kier molecular flexibility index (Phi) is 5.45. The minimum Gasteiger partial charge on any atom is -0.508 e. The number of aryl methyl sites for hydroxylation is 1. The summed E-state index contributed by atoms with van der Waals surface area (Å²) in [6.45, 7) is 2.20. The van der Waals surface area contributed by atoms with Crippen LogP contribution < -0.4 is 5.48 Å². The van der Waals surface area contributed by atoms with Gasteiger partial charge in [-0.15, -0.1) is 5.11 Å². The zero-order valence-corrected chi connectivity index (χ0v) is 14.4. The van der Waals surface area contributed by atoms with Crippen LogP contribution in [-0.4, -0.2) is 27.2 Å². The fourth-order valence-electron chi connectivity index (χ4n) is 2.32. The molecule has 0 saturated heterocycles. The molecule has 0 amide bonds. The van der Waals surface area contributed by atoms with E-state index in [9.17, 15) is 5.11 Å². The summed E-state index contributed by atoms with van der Waals surface area (Å²) in [6.07, 6.45) is 3.37. The molecule has 0 saturated carbocycles. The van der Waals surface area contributed by atoms with E-state index >= 15 is 0 Å². The van der Waals surface area contributed by atoms with Crippen molar-refractivity contribution in [2.24, 2.45) is 10.2 Å². The molecule has 0 aliphatic heterocycles. The third-order valence-corrected chi connectivity index (χ3v) is 3.53. The molecule has 2 aromatic heterocycles. The normalized spacial score (nSPS) is 11.0. The Balaban J connectivity index is 1.86. The summed E-state index contributed by atoms with van der Waals surface area (Å²) in [5.74, 6) is 0.837. The predicted molar refractivity (Wildman–Crippen MR) is 97.0 cm³/mol. The zero-order valence-electron chi connectivity index (χ0n) is 14.4. The van der Waals surface area contributed by atoms with Crippen molar-refractivity contribution in [1.29, 1.82) is 0 Å². The minimum atomic E-state index is 0.191. The second kappa shape index (κ2) is 8.13. The average Bonchev–Trinajstić information content (AvgIpc) is 2.65. The van der Waals surface area contributed by atoms with Crippen LogP contribution in [0.3, 0.4) is 0 Å². The number of aromatic nitrogens is 3. The molecular weight excluding hydrogens is 332 g/mol. The quantitative estimate of drug-likeness (QED) is 0.517. The van der Waals surface area contributed by atoms with Gasteiger partial charge in [0.2, 0.25) is 5.95 Å². The van der Waals surface area contributed by atoms with Crippen LogP contribution in [0.5, 0.6) is 5.75 Å². The summed E-state index contributed by atoms with van der Waals surface area (Å²) < 4.78 is 0. The van der Waals surface area contributed by atoms with Crippen LogP contribution >= 0.6 is 0 Å². The van der Waals surface area contributed by atoms with E-state index in [1.165, 1.54) is 7.11 Å². The lowest BCUT2D eigenvalue weighted by Gasteiger charge is -2.06. The highest BCUT2D eigenvalue weighted by molar-refractivity contribution is 5.62. The maximum absolute atomic E-state index is 9.88. The number of hydrogen-bond acceptors (Lipinski definition) is 8. The number of nitrogens with one attached hydrogen (secondary N) is 1. The first-order valence-corrected chi connectivity index (χ1v) is 7.90. The smallest absolute Gasteiger partial charge is 0.249 e. The van der Waals surface area contributed by atoms with Crippen LogP contribution in [0.2, 0.25) is 0 Å². The Hall–Kier alpha value is -3.39. The summed E-state index contributed by atoms with van der Waals surface area (Å²) in [5, 5.41) is 18.2. The monoisotopic (exact) mass is 350 g/mol. The third-order valence-electron chi connectivity index (χ3n) is 3.53. The number of azo groups is 1. The number of phenols is 1. The van der Waals surface area contributed by atoms with Crippen molar-refractivity contribution < 1.29 is 9.94 Å². The van der Waals surface area contributed by atoms with Gasteiger partial charge in [-0.25, -0.2) is 10.5 Å². The van der Waals surface area contributed by atoms with Gasteiger partial charge in [-0.3, -0.25) is 9.82 Å². The van der Waals surface area contributed by atoms with E-state index < -0.39 is 0 Å². The summed E-state index contributed by atoms with van der Waals surface area (Å²) in [7, 11) is 1.48. The Morgan fingerprint density at radius 2 is 1.92 bits per heavy atom. The molecule has 0 atom stereocenters. The van der Waals surface area contributed by atoms with Crippen LogP contribution in [0.4, 0.5) is 11.8 Å². The summed E-state index contributed by atoms with van der Waals surface area (Å²) in [4.78, 5) is 17.5. The SMILES string of the molecule is CONc1nc(N=NCc2cc(C)ccc2O)cc(-c2ccncc2)n1. The van der Waals surface area contributed by atoms with Crippen LogP contribution in [0.1, 0.15) is 11.1 Å². The van der Waals surface area contributed by atoms with E-state index in [0.29, 0.717) is 17.1 Å². The lowest BCUT2D eigenvalue weighted by molar-refractivity contribution is 0.267. The first kappa shape index (κ1) is 17.4. The van der Waals surface area contributed by atoms with E-state index in [-0.39, 0.29) is 18.2 Å². The van der Waals surface area contributed by atoms with E-state index in [0.717, 1.165) is 11.1 Å². The van der Waals surface area contributed by atoms with Crippen molar-refractivity contribution in [3.8, 4) is 17.0 Å². The molecule has 0 radical (unpaired) electrons. The van der Waals surface area contributed by atoms with E-state index in [1.54, 1.807) is 24.5 Å². The topological polar surface area (TPSA) is 105 Å². The number of pyridine rings is 1. The van der Waals surface area contributed by atoms with Gasteiger partial charge in [-0.05, 0) is 25.1 Å². The molecule has 2 heterocycles. The Morgan fingerprint density at radius 1 is 1.12 bits per heavy atom. The molecule has 0 unspecified atom stereocenters. The predicted octanol–water partition coefficient (Wildman–Crippen LogP) is 3.81. The van der Waals surface area contributed by atoms with Gasteiger partial charge in [0.05, 0.1) is 19.3 Å². The fraction of sp³-hybridized carbons (Fsp3) is 0.167. The number of nitrogens with zero attached hydrogens (tertiary/aromatic N) is 5. The number of benzene rings is 1. The molecule has 0 aliphatic rings. The number of rotatable bonds is 6. The first-order chi connectivity index (χ1) is 12.7. The van der Waals surface area contributed by atoms with Crippen LogP contribution in [0.15, 0.2) is 59.0 Å².